The summed E-state index contributed by atoms with van der Waals surface area (Å²) in [6.07, 6.45) is 6.10. The third-order valence-electron chi connectivity index (χ3n) is 3.16. The first-order valence-electron chi connectivity index (χ1n) is 7.12. The van der Waals surface area contributed by atoms with Crippen LogP contribution in [0.5, 0.6) is 0 Å². The minimum atomic E-state index is -4.00. The average molecular weight is 320 g/mol. The number of unbranched alkanes of at least 4 members (excludes halogenated alkanes) is 5. The third-order valence-corrected chi connectivity index (χ3v) is 4.64. The van der Waals surface area contributed by atoms with Gasteiger partial charge in [0.2, 0.25) is 10.0 Å². The predicted molar refractivity (Wildman–Crippen MR) is 79.3 cm³/mol. The lowest BCUT2D eigenvalue weighted by Crippen LogP contribution is -2.26. The van der Waals surface area contributed by atoms with Crippen molar-refractivity contribution in [2.45, 2.75) is 50.3 Å². The number of rotatable bonds is 9. The molecule has 0 atom stereocenters. The summed E-state index contributed by atoms with van der Waals surface area (Å²) in [5.74, 6) is -2.11. The summed E-state index contributed by atoms with van der Waals surface area (Å²) >= 11 is 0. The molecular weight excluding hydrogens is 298 g/mol. The van der Waals surface area contributed by atoms with Crippen LogP contribution in [0.25, 0.3) is 0 Å². The molecule has 1 aromatic carbocycles. The van der Waals surface area contributed by atoms with Crippen LogP contribution >= 0.6 is 0 Å². The summed E-state index contributed by atoms with van der Waals surface area (Å²) in [5.41, 5.74) is 4.88. The van der Waals surface area contributed by atoms with Gasteiger partial charge in [0.15, 0.2) is 0 Å². The monoisotopic (exact) mass is 320 g/mol. The number of sulfonamides is 1. The lowest BCUT2D eigenvalue weighted by Gasteiger charge is -2.09. The minimum absolute atomic E-state index is 0.227. The highest BCUT2D eigenvalue weighted by Crippen LogP contribution is 2.20. The van der Waals surface area contributed by atoms with Crippen molar-refractivity contribution in [1.29, 1.82) is 0 Å². The molecule has 0 aromatic heterocycles. The molecule has 0 unspecified atom stereocenters. The molecule has 120 valence electrons. The van der Waals surface area contributed by atoms with Crippen LogP contribution in [0.2, 0.25) is 0 Å². The van der Waals surface area contributed by atoms with E-state index in [4.69, 9.17) is 5.73 Å². The van der Waals surface area contributed by atoms with Crippen LogP contribution in [0.15, 0.2) is 17.0 Å². The molecule has 0 bridgehead atoms. The van der Waals surface area contributed by atoms with Crippen LogP contribution in [-0.4, -0.2) is 15.0 Å². The van der Waals surface area contributed by atoms with E-state index in [1.165, 1.54) is 6.42 Å². The molecule has 0 saturated carbocycles. The smallest absolute Gasteiger partial charge is 0.243 e. The molecule has 0 heterocycles. The van der Waals surface area contributed by atoms with Crippen LogP contribution in [0, 0.1) is 11.6 Å². The molecule has 1 rings (SSSR count). The summed E-state index contributed by atoms with van der Waals surface area (Å²) in [4.78, 5) is -0.618. The highest BCUT2D eigenvalue weighted by atomic mass is 32.2. The van der Waals surface area contributed by atoms with Gasteiger partial charge in [-0.1, -0.05) is 39.0 Å². The Morgan fingerprint density at radius 2 is 1.67 bits per heavy atom. The molecule has 0 amide bonds. The number of nitrogens with one attached hydrogen (secondary N) is 1. The molecular formula is C14H22F2N2O2S. The quantitative estimate of drug-likeness (QED) is 0.542. The van der Waals surface area contributed by atoms with Crippen molar-refractivity contribution in [1.82, 2.24) is 4.72 Å². The molecule has 1 aromatic rings. The van der Waals surface area contributed by atoms with E-state index < -0.39 is 32.2 Å². The summed E-state index contributed by atoms with van der Waals surface area (Å²) in [6, 6.07) is 1.28. The SMILES string of the molecule is CCCCCCCCNS(=O)(=O)c1cc(N)c(F)cc1F. The second kappa shape index (κ2) is 8.29. The van der Waals surface area contributed by atoms with Crippen molar-refractivity contribution in [3.05, 3.63) is 23.8 Å². The number of benzene rings is 1. The average Bonchev–Trinajstić information content (AvgIpc) is 2.41. The van der Waals surface area contributed by atoms with Gasteiger partial charge in [0.25, 0.3) is 0 Å². The molecule has 3 N–H and O–H groups in total. The molecule has 7 heteroatoms. The van der Waals surface area contributed by atoms with Crippen LogP contribution in [0.1, 0.15) is 45.4 Å². The number of hydrogen-bond donors (Lipinski definition) is 2. The zero-order chi connectivity index (χ0) is 15.9. The molecule has 0 fully saturated rings. The van der Waals surface area contributed by atoms with Crippen LogP contribution in [0.3, 0.4) is 0 Å². The van der Waals surface area contributed by atoms with Crippen molar-refractivity contribution in [2.24, 2.45) is 0 Å². The van der Waals surface area contributed by atoms with Gasteiger partial charge in [-0.05, 0) is 12.5 Å². The zero-order valence-electron chi connectivity index (χ0n) is 12.2. The van der Waals surface area contributed by atoms with E-state index in [-0.39, 0.29) is 6.54 Å². The summed E-state index contributed by atoms with van der Waals surface area (Å²) < 4.78 is 52.7. The zero-order valence-corrected chi connectivity index (χ0v) is 13.0. The first kappa shape index (κ1) is 17.8. The van der Waals surface area contributed by atoms with Crippen molar-refractivity contribution in [3.8, 4) is 0 Å². The van der Waals surface area contributed by atoms with Gasteiger partial charge in [-0.2, -0.15) is 0 Å². The van der Waals surface area contributed by atoms with E-state index in [1.54, 1.807) is 0 Å². The van der Waals surface area contributed by atoms with E-state index in [2.05, 4.69) is 11.6 Å². The van der Waals surface area contributed by atoms with Crippen LogP contribution in [0.4, 0.5) is 14.5 Å². The summed E-state index contributed by atoms with van der Waals surface area (Å²) in [5, 5.41) is 0. The molecule has 0 spiro atoms. The van der Waals surface area contributed by atoms with E-state index in [1.807, 2.05) is 0 Å². The maximum absolute atomic E-state index is 13.5. The fourth-order valence-corrected chi connectivity index (χ4v) is 3.11. The van der Waals surface area contributed by atoms with Crippen molar-refractivity contribution in [2.75, 3.05) is 12.3 Å². The van der Waals surface area contributed by atoms with Gasteiger partial charge < -0.3 is 5.73 Å². The Morgan fingerprint density at radius 3 is 2.33 bits per heavy atom. The molecule has 0 radical (unpaired) electrons. The molecule has 0 aliphatic rings. The lowest BCUT2D eigenvalue weighted by atomic mass is 10.1. The molecule has 0 aliphatic heterocycles. The van der Waals surface area contributed by atoms with Crippen molar-refractivity contribution in [3.63, 3.8) is 0 Å². The summed E-state index contributed by atoms with van der Waals surface area (Å²) in [7, 11) is -4.00. The Hall–Kier alpha value is -1.21. The van der Waals surface area contributed by atoms with Gasteiger partial charge in [-0.15, -0.1) is 0 Å². The fourth-order valence-electron chi connectivity index (χ4n) is 1.94. The maximum atomic E-state index is 13.5. The van der Waals surface area contributed by atoms with Crippen LogP contribution < -0.4 is 10.5 Å². The van der Waals surface area contributed by atoms with Gasteiger partial charge in [0, 0.05) is 12.6 Å². The van der Waals surface area contributed by atoms with Gasteiger partial charge in [0.05, 0.1) is 5.69 Å². The van der Waals surface area contributed by atoms with E-state index in [0.717, 1.165) is 31.7 Å². The van der Waals surface area contributed by atoms with E-state index in [0.29, 0.717) is 12.5 Å². The largest absolute Gasteiger partial charge is 0.396 e. The molecule has 21 heavy (non-hydrogen) atoms. The Kier molecular flexibility index (Phi) is 7.04. The van der Waals surface area contributed by atoms with Crippen molar-refractivity contribution >= 4 is 15.7 Å². The second-order valence-corrected chi connectivity index (χ2v) is 6.71. The number of nitrogens with two attached hydrogens (primary N) is 1. The van der Waals surface area contributed by atoms with Gasteiger partial charge >= 0.3 is 0 Å². The number of anilines is 1. The summed E-state index contributed by atoms with van der Waals surface area (Å²) in [6.45, 7) is 2.35. The number of hydrogen-bond acceptors (Lipinski definition) is 3. The Bertz CT molecular complexity index is 562. The Morgan fingerprint density at radius 1 is 1.05 bits per heavy atom. The van der Waals surface area contributed by atoms with Gasteiger partial charge in [-0.25, -0.2) is 21.9 Å². The second-order valence-electron chi connectivity index (χ2n) is 4.97. The van der Waals surface area contributed by atoms with Crippen molar-refractivity contribution < 1.29 is 17.2 Å². The van der Waals surface area contributed by atoms with Gasteiger partial charge in [-0.3, -0.25) is 0 Å². The fraction of sp³-hybridized carbons (Fsp3) is 0.571. The van der Waals surface area contributed by atoms with Crippen LogP contribution in [-0.2, 0) is 10.0 Å². The molecule has 0 aliphatic carbocycles. The third kappa shape index (κ3) is 5.59. The van der Waals surface area contributed by atoms with E-state index >= 15 is 0 Å². The maximum Gasteiger partial charge on any atom is 0.243 e. The number of nitrogen functional groups attached to an aromatic ring is 1. The van der Waals surface area contributed by atoms with E-state index in [9.17, 15) is 17.2 Å². The molecule has 0 saturated heterocycles. The standard InChI is InChI=1S/C14H22F2N2O2S/c1-2-3-4-5-6-7-8-18-21(19,20)14-10-13(17)11(15)9-12(14)16/h9-10,18H,2-8,17H2,1H3. The highest BCUT2D eigenvalue weighted by molar-refractivity contribution is 7.89. The minimum Gasteiger partial charge on any atom is -0.396 e. The first-order valence-corrected chi connectivity index (χ1v) is 8.61. The predicted octanol–water partition coefficient (Wildman–Crippen LogP) is 3.19. The Labute approximate surface area is 124 Å². The Balaban J connectivity index is 2.53. The van der Waals surface area contributed by atoms with Gasteiger partial charge in [0.1, 0.15) is 16.5 Å². The normalized spacial score (nSPS) is 11.8. The first-order chi connectivity index (χ1) is 9.88. The lowest BCUT2D eigenvalue weighted by molar-refractivity contribution is 0.540. The number of halogens is 2. The highest BCUT2D eigenvalue weighted by Gasteiger charge is 2.20. The molecule has 4 nitrogen and oxygen atoms in total. The topological polar surface area (TPSA) is 72.2 Å².